The van der Waals surface area contributed by atoms with Crippen molar-refractivity contribution in [2.45, 2.75) is 24.9 Å². The first-order chi connectivity index (χ1) is 8.09. The summed E-state index contributed by atoms with van der Waals surface area (Å²) in [6.45, 7) is 3.93. The van der Waals surface area contributed by atoms with Crippen LogP contribution in [0.25, 0.3) is 0 Å². The zero-order chi connectivity index (χ0) is 12.4. The van der Waals surface area contributed by atoms with Crippen LogP contribution in [0, 0.1) is 5.92 Å². The highest BCUT2D eigenvalue weighted by atomic mass is 79.9. The number of hydrogen-bond acceptors (Lipinski definition) is 3. The van der Waals surface area contributed by atoms with Gasteiger partial charge >= 0.3 is 5.97 Å². The lowest BCUT2D eigenvalue weighted by Gasteiger charge is -2.26. The first-order valence-corrected chi connectivity index (χ1v) is 6.49. The number of halogens is 1. The Labute approximate surface area is 109 Å². The third kappa shape index (κ3) is 2.57. The van der Waals surface area contributed by atoms with Gasteiger partial charge in [0.05, 0.1) is 5.71 Å². The molecule has 0 aromatic heterocycles. The summed E-state index contributed by atoms with van der Waals surface area (Å²) < 4.78 is 5.27. The number of aliphatic imine (C=N–C) groups is 1. The van der Waals surface area contributed by atoms with Crippen LogP contribution in [-0.4, -0.2) is 22.7 Å². The minimum atomic E-state index is -0.451. The molecule has 1 aliphatic rings. The molecule has 2 unspecified atom stereocenters. The molecule has 0 spiro atoms. The quantitative estimate of drug-likeness (QED) is 0.622. The topological polar surface area (TPSA) is 38.7 Å². The Balaban J connectivity index is 2.38. The predicted molar refractivity (Wildman–Crippen MR) is 70.4 cm³/mol. The fraction of sp³-hybridized carbons (Fsp3) is 0.385. The van der Waals surface area contributed by atoms with Gasteiger partial charge in [-0.05, 0) is 21.8 Å². The fourth-order valence-electron chi connectivity index (χ4n) is 1.72. The number of alkyl halides is 1. The van der Waals surface area contributed by atoms with Crippen LogP contribution in [-0.2, 0) is 9.53 Å². The van der Waals surface area contributed by atoms with Gasteiger partial charge in [0.15, 0.2) is 5.01 Å². The first kappa shape index (κ1) is 12.3. The molecular formula is C13H14BrNO2. The van der Waals surface area contributed by atoms with E-state index in [4.69, 9.17) is 4.74 Å². The van der Waals surface area contributed by atoms with Crippen molar-refractivity contribution in [3.05, 3.63) is 35.9 Å². The molecule has 1 aliphatic heterocycles. The molecule has 0 N–H and O–H groups in total. The average Bonchev–Trinajstić information content (AvgIpc) is 2.29. The molecule has 0 bridgehead atoms. The molecule has 0 amide bonds. The van der Waals surface area contributed by atoms with E-state index in [0.29, 0.717) is 0 Å². The second-order valence-corrected chi connectivity index (χ2v) is 5.15. The largest absolute Gasteiger partial charge is 0.442 e. The molecule has 4 heteroatoms. The van der Waals surface area contributed by atoms with E-state index >= 15 is 0 Å². The van der Waals surface area contributed by atoms with Gasteiger partial charge in [-0.1, -0.05) is 44.2 Å². The molecule has 0 saturated carbocycles. The van der Waals surface area contributed by atoms with E-state index in [1.165, 1.54) is 0 Å². The van der Waals surface area contributed by atoms with E-state index in [1.54, 1.807) is 0 Å². The number of carbonyl (C=O) groups excluding carboxylic acids is 1. The second kappa shape index (κ2) is 5.00. The van der Waals surface area contributed by atoms with Gasteiger partial charge in [0.2, 0.25) is 0 Å². The molecule has 2 atom stereocenters. The number of benzene rings is 1. The van der Waals surface area contributed by atoms with E-state index in [2.05, 4.69) is 20.9 Å². The molecule has 0 radical (unpaired) electrons. The van der Waals surface area contributed by atoms with Crippen molar-refractivity contribution >= 4 is 27.6 Å². The van der Waals surface area contributed by atoms with Crippen LogP contribution in [0.2, 0.25) is 0 Å². The second-order valence-electron chi connectivity index (χ2n) is 4.32. The number of ether oxygens (including phenoxy) is 1. The Morgan fingerprint density at radius 2 is 1.94 bits per heavy atom. The number of carbonyl (C=O) groups is 1. The summed E-state index contributed by atoms with van der Waals surface area (Å²) in [6.07, 6.45) is 0. The van der Waals surface area contributed by atoms with Crippen molar-refractivity contribution in [2.24, 2.45) is 10.9 Å². The Kier molecular flexibility index (Phi) is 3.62. The fourth-order valence-corrected chi connectivity index (χ4v) is 2.29. The van der Waals surface area contributed by atoms with Crippen molar-refractivity contribution in [1.82, 2.24) is 0 Å². The smallest absolute Gasteiger partial charge is 0.332 e. The van der Waals surface area contributed by atoms with Crippen LogP contribution in [0.4, 0.5) is 0 Å². The highest BCUT2D eigenvalue weighted by Crippen LogP contribution is 2.23. The van der Waals surface area contributed by atoms with Gasteiger partial charge in [-0.25, -0.2) is 4.79 Å². The van der Waals surface area contributed by atoms with Crippen LogP contribution in [0.3, 0.4) is 0 Å². The van der Waals surface area contributed by atoms with E-state index in [-0.39, 0.29) is 11.9 Å². The monoisotopic (exact) mass is 295 g/mol. The van der Waals surface area contributed by atoms with Gasteiger partial charge in [-0.2, -0.15) is 0 Å². The lowest BCUT2D eigenvalue weighted by atomic mass is 10.0. The molecule has 0 saturated heterocycles. The minimum Gasteiger partial charge on any atom is -0.442 e. The van der Waals surface area contributed by atoms with E-state index < -0.39 is 11.1 Å². The Morgan fingerprint density at radius 3 is 2.53 bits per heavy atom. The number of rotatable bonds is 2. The van der Waals surface area contributed by atoms with Crippen molar-refractivity contribution in [2.75, 3.05) is 0 Å². The van der Waals surface area contributed by atoms with Gasteiger partial charge in [0, 0.05) is 5.56 Å². The van der Waals surface area contributed by atoms with Crippen molar-refractivity contribution < 1.29 is 9.53 Å². The summed E-state index contributed by atoms with van der Waals surface area (Å²) in [5.41, 5.74) is 1.76. The maximum atomic E-state index is 11.7. The standard InChI is InChI=1S/C13H14BrNO2/c1-8(2)10-13(16)17-12(14)11(15-10)9-6-4-3-5-7-9/h3-8,10,12H,1-2H3. The van der Waals surface area contributed by atoms with Crippen LogP contribution in [0.5, 0.6) is 0 Å². The number of esters is 1. The maximum absolute atomic E-state index is 11.7. The van der Waals surface area contributed by atoms with Crippen molar-refractivity contribution in [1.29, 1.82) is 0 Å². The summed E-state index contributed by atoms with van der Waals surface area (Å²) >= 11 is 3.33. The van der Waals surface area contributed by atoms with Gasteiger partial charge in [0.25, 0.3) is 0 Å². The number of hydrogen-bond donors (Lipinski definition) is 0. The normalized spacial score (nSPS) is 24.5. The van der Waals surface area contributed by atoms with Crippen LogP contribution in [0.15, 0.2) is 35.3 Å². The Hall–Kier alpha value is -1.16. The highest BCUT2D eigenvalue weighted by molar-refractivity contribution is 9.09. The summed E-state index contributed by atoms with van der Waals surface area (Å²) in [5.74, 6) is -0.122. The van der Waals surface area contributed by atoms with Crippen LogP contribution in [0.1, 0.15) is 19.4 Å². The number of cyclic esters (lactones) is 1. The van der Waals surface area contributed by atoms with Gasteiger partial charge in [0.1, 0.15) is 6.04 Å². The van der Waals surface area contributed by atoms with Crippen LogP contribution >= 0.6 is 15.9 Å². The molecule has 17 heavy (non-hydrogen) atoms. The van der Waals surface area contributed by atoms with Gasteiger partial charge in [-0.15, -0.1) is 0 Å². The third-order valence-electron chi connectivity index (χ3n) is 2.66. The molecule has 1 aromatic carbocycles. The van der Waals surface area contributed by atoms with Crippen molar-refractivity contribution in [3.8, 4) is 0 Å². The lowest BCUT2D eigenvalue weighted by molar-refractivity contribution is -0.146. The number of nitrogens with zero attached hydrogens (tertiary/aromatic N) is 1. The molecule has 0 fully saturated rings. The zero-order valence-corrected chi connectivity index (χ0v) is 11.3. The molecule has 90 valence electrons. The molecule has 2 rings (SSSR count). The molecule has 1 heterocycles. The van der Waals surface area contributed by atoms with Crippen molar-refractivity contribution in [3.63, 3.8) is 0 Å². The van der Waals surface area contributed by atoms with Gasteiger partial charge < -0.3 is 4.74 Å². The SMILES string of the molecule is CC(C)C1N=C(c2ccccc2)C(Br)OC1=O. The Morgan fingerprint density at radius 1 is 1.29 bits per heavy atom. The van der Waals surface area contributed by atoms with E-state index in [0.717, 1.165) is 11.3 Å². The third-order valence-corrected chi connectivity index (χ3v) is 3.28. The molecule has 0 aliphatic carbocycles. The zero-order valence-electron chi connectivity index (χ0n) is 9.76. The van der Waals surface area contributed by atoms with Gasteiger partial charge in [-0.3, -0.25) is 4.99 Å². The molecule has 3 nitrogen and oxygen atoms in total. The summed E-state index contributed by atoms with van der Waals surface area (Å²) in [7, 11) is 0. The van der Waals surface area contributed by atoms with E-state index in [9.17, 15) is 4.79 Å². The molecular weight excluding hydrogens is 282 g/mol. The average molecular weight is 296 g/mol. The Bertz CT molecular complexity index is 442. The van der Waals surface area contributed by atoms with Crippen LogP contribution < -0.4 is 0 Å². The maximum Gasteiger partial charge on any atom is 0.332 e. The summed E-state index contributed by atoms with van der Waals surface area (Å²) in [6, 6.07) is 9.35. The first-order valence-electron chi connectivity index (χ1n) is 5.57. The predicted octanol–water partition coefficient (Wildman–Crippen LogP) is 2.78. The highest BCUT2D eigenvalue weighted by Gasteiger charge is 2.33. The molecule has 1 aromatic rings. The summed E-state index contributed by atoms with van der Waals surface area (Å²) in [5, 5.41) is -0.451. The lowest BCUT2D eigenvalue weighted by Crippen LogP contribution is -2.38. The van der Waals surface area contributed by atoms with E-state index in [1.807, 2.05) is 44.2 Å². The summed E-state index contributed by atoms with van der Waals surface area (Å²) in [4.78, 5) is 16.2. The minimum absolute atomic E-state index is 0.140.